The lowest BCUT2D eigenvalue weighted by Gasteiger charge is -2.08. The minimum absolute atomic E-state index is 0.123. The Bertz CT molecular complexity index is 912. The lowest BCUT2D eigenvalue weighted by atomic mass is 10.2. The van der Waals surface area contributed by atoms with Gasteiger partial charge < -0.3 is 0 Å². The SMILES string of the molecule is Cc1ccc(C)c(S(=O)(=O)CCSc2nc3ccccc3s2)c1. The molecule has 3 nitrogen and oxygen atoms in total. The average Bonchev–Trinajstić information content (AvgIpc) is 2.92. The van der Waals surface area contributed by atoms with Gasteiger partial charge >= 0.3 is 0 Å². The summed E-state index contributed by atoms with van der Waals surface area (Å²) in [4.78, 5) is 4.97. The second kappa shape index (κ2) is 6.63. The largest absolute Gasteiger partial charge is 0.230 e. The third-order valence-electron chi connectivity index (χ3n) is 3.53. The topological polar surface area (TPSA) is 47.0 Å². The number of thioether (sulfide) groups is 1. The molecule has 3 rings (SSSR count). The smallest absolute Gasteiger partial charge is 0.179 e. The van der Waals surface area contributed by atoms with Crippen LogP contribution in [0.5, 0.6) is 0 Å². The van der Waals surface area contributed by atoms with E-state index in [2.05, 4.69) is 4.98 Å². The van der Waals surface area contributed by atoms with Gasteiger partial charge in [-0.3, -0.25) is 0 Å². The maximum absolute atomic E-state index is 12.5. The van der Waals surface area contributed by atoms with Crippen molar-refractivity contribution in [1.29, 1.82) is 0 Å². The molecule has 0 aliphatic carbocycles. The quantitative estimate of drug-likeness (QED) is 0.627. The summed E-state index contributed by atoms with van der Waals surface area (Å²) < 4.78 is 27.1. The summed E-state index contributed by atoms with van der Waals surface area (Å²) in [5.41, 5.74) is 2.74. The fourth-order valence-electron chi connectivity index (χ4n) is 2.30. The molecular formula is C17H17NO2S3. The standard InChI is InChI=1S/C17H17NO2S3/c1-12-7-8-13(2)16(11-12)23(19,20)10-9-21-17-18-14-5-3-4-6-15(14)22-17/h3-8,11H,9-10H2,1-2H3. The van der Waals surface area contributed by atoms with E-state index in [0.29, 0.717) is 10.6 Å². The van der Waals surface area contributed by atoms with Gasteiger partial charge in [0, 0.05) is 5.75 Å². The van der Waals surface area contributed by atoms with Crippen molar-refractivity contribution in [2.45, 2.75) is 23.1 Å². The zero-order chi connectivity index (χ0) is 16.4. The van der Waals surface area contributed by atoms with Crippen molar-refractivity contribution in [3.8, 4) is 0 Å². The highest BCUT2D eigenvalue weighted by Gasteiger charge is 2.17. The van der Waals surface area contributed by atoms with Gasteiger partial charge in [-0.15, -0.1) is 11.3 Å². The van der Waals surface area contributed by atoms with E-state index in [0.717, 1.165) is 25.7 Å². The molecule has 1 aromatic heterocycles. The highest BCUT2D eigenvalue weighted by molar-refractivity contribution is 8.02. The molecule has 0 aliphatic rings. The summed E-state index contributed by atoms with van der Waals surface area (Å²) in [7, 11) is -3.26. The van der Waals surface area contributed by atoms with E-state index in [1.165, 1.54) is 11.8 Å². The first-order chi connectivity index (χ1) is 11.0. The van der Waals surface area contributed by atoms with Crippen LogP contribution in [0.15, 0.2) is 51.7 Å². The highest BCUT2D eigenvalue weighted by atomic mass is 32.2. The summed E-state index contributed by atoms with van der Waals surface area (Å²) in [6.07, 6.45) is 0. The molecule has 0 N–H and O–H groups in total. The summed E-state index contributed by atoms with van der Waals surface area (Å²) in [5.74, 6) is 0.632. The van der Waals surface area contributed by atoms with Gasteiger partial charge in [0.25, 0.3) is 0 Å². The number of para-hydroxylation sites is 1. The first-order valence-corrected chi connectivity index (χ1v) is 10.7. The Morgan fingerprint density at radius 1 is 1.13 bits per heavy atom. The predicted octanol–water partition coefficient (Wildman–Crippen LogP) is 4.48. The van der Waals surface area contributed by atoms with Crippen LogP contribution >= 0.6 is 23.1 Å². The molecule has 23 heavy (non-hydrogen) atoms. The van der Waals surface area contributed by atoms with Gasteiger partial charge in [0.1, 0.15) is 0 Å². The normalized spacial score (nSPS) is 11.9. The molecule has 0 unspecified atom stereocenters. The molecule has 0 atom stereocenters. The van der Waals surface area contributed by atoms with Crippen molar-refractivity contribution in [3.05, 3.63) is 53.6 Å². The van der Waals surface area contributed by atoms with Gasteiger partial charge in [0.05, 0.1) is 20.9 Å². The molecule has 0 aliphatic heterocycles. The van der Waals surface area contributed by atoms with Crippen LogP contribution in [0.25, 0.3) is 10.2 Å². The van der Waals surface area contributed by atoms with E-state index >= 15 is 0 Å². The average molecular weight is 364 g/mol. The Balaban J connectivity index is 1.71. The van der Waals surface area contributed by atoms with Gasteiger partial charge in [0.2, 0.25) is 0 Å². The molecular weight excluding hydrogens is 346 g/mol. The van der Waals surface area contributed by atoms with Crippen molar-refractivity contribution < 1.29 is 8.42 Å². The molecule has 0 amide bonds. The molecule has 0 radical (unpaired) electrons. The molecule has 120 valence electrons. The lowest BCUT2D eigenvalue weighted by Crippen LogP contribution is -2.10. The number of aromatic nitrogens is 1. The van der Waals surface area contributed by atoms with Crippen LogP contribution in [0.4, 0.5) is 0 Å². The van der Waals surface area contributed by atoms with Crippen LogP contribution in [-0.4, -0.2) is 24.9 Å². The van der Waals surface area contributed by atoms with E-state index < -0.39 is 9.84 Å². The molecule has 0 fully saturated rings. The summed E-state index contributed by atoms with van der Waals surface area (Å²) >= 11 is 3.11. The van der Waals surface area contributed by atoms with Crippen LogP contribution < -0.4 is 0 Å². The number of aryl methyl sites for hydroxylation is 2. The zero-order valence-corrected chi connectivity index (χ0v) is 15.4. The fourth-order valence-corrected chi connectivity index (χ4v) is 6.45. The molecule has 3 aromatic rings. The second-order valence-corrected chi connectivity index (χ2v) is 9.83. The summed E-state index contributed by atoms with van der Waals surface area (Å²) in [5, 5.41) is 0. The number of nitrogens with zero attached hydrogens (tertiary/aromatic N) is 1. The van der Waals surface area contributed by atoms with E-state index in [-0.39, 0.29) is 5.75 Å². The highest BCUT2D eigenvalue weighted by Crippen LogP contribution is 2.30. The van der Waals surface area contributed by atoms with Crippen LogP contribution in [0.1, 0.15) is 11.1 Å². The Labute approximate surface area is 144 Å². The fraction of sp³-hybridized carbons (Fsp3) is 0.235. The molecule has 2 aromatic carbocycles. The molecule has 1 heterocycles. The summed E-state index contributed by atoms with van der Waals surface area (Å²) in [6.45, 7) is 3.75. The lowest BCUT2D eigenvalue weighted by molar-refractivity contribution is 0.597. The van der Waals surface area contributed by atoms with Gasteiger partial charge in [-0.1, -0.05) is 36.0 Å². The van der Waals surface area contributed by atoms with Gasteiger partial charge in [-0.05, 0) is 43.2 Å². The van der Waals surface area contributed by atoms with Crippen molar-refractivity contribution >= 4 is 43.2 Å². The molecule has 0 saturated carbocycles. The van der Waals surface area contributed by atoms with E-state index in [9.17, 15) is 8.42 Å². The van der Waals surface area contributed by atoms with E-state index in [4.69, 9.17) is 0 Å². The van der Waals surface area contributed by atoms with Crippen molar-refractivity contribution in [2.75, 3.05) is 11.5 Å². The van der Waals surface area contributed by atoms with Crippen LogP contribution in [0.3, 0.4) is 0 Å². The number of rotatable bonds is 5. The number of sulfone groups is 1. The molecule has 6 heteroatoms. The minimum atomic E-state index is -3.26. The van der Waals surface area contributed by atoms with E-state index in [1.807, 2.05) is 50.2 Å². The monoisotopic (exact) mass is 363 g/mol. The minimum Gasteiger partial charge on any atom is -0.230 e. The first kappa shape index (κ1) is 16.5. The first-order valence-electron chi connectivity index (χ1n) is 7.24. The maximum Gasteiger partial charge on any atom is 0.179 e. The second-order valence-electron chi connectivity index (χ2n) is 5.38. The van der Waals surface area contributed by atoms with Crippen molar-refractivity contribution in [2.24, 2.45) is 0 Å². The van der Waals surface area contributed by atoms with E-state index in [1.54, 1.807) is 17.4 Å². The Hall–Kier alpha value is -1.37. The molecule has 0 saturated heterocycles. The number of thiazole rings is 1. The maximum atomic E-state index is 12.5. The Kier molecular flexibility index (Phi) is 4.75. The van der Waals surface area contributed by atoms with Crippen molar-refractivity contribution in [3.63, 3.8) is 0 Å². The number of benzene rings is 2. The predicted molar refractivity (Wildman–Crippen MR) is 98.3 cm³/mol. The third-order valence-corrected chi connectivity index (χ3v) is 7.82. The Morgan fingerprint density at radius 3 is 2.70 bits per heavy atom. The molecule has 0 bridgehead atoms. The Morgan fingerprint density at radius 2 is 1.91 bits per heavy atom. The number of fused-ring (bicyclic) bond motifs is 1. The number of hydrogen-bond donors (Lipinski definition) is 0. The van der Waals surface area contributed by atoms with Crippen molar-refractivity contribution in [1.82, 2.24) is 4.98 Å². The van der Waals surface area contributed by atoms with Gasteiger partial charge in [0.15, 0.2) is 14.2 Å². The zero-order valence-electron chi connectivity index (χ0n) is 12.9. The number of hydrogen-bond acceptors (Lipinski definition) is 5. The third kappa shape index (κ3) is 3.76. The van der Waals surface area contributed by atoms with Crippen LogP contribution in [0.2, 0.25) is 0 Å². The van der Waals surface area contributed by atoms with Crippen LogP contribution in [0, 0.1) is 13.8 Å². The van der Waals surface area contributed by atoms with Crippen LogP contribution in [-0.2, 0) is 9.84 Å². The van der Waals surface area contributed by atoms with Gasteiger partial charge in [-0.2, -0.15) is 0 Å². The van der Waals surface area contributed by atoms with Gasteiger partial charge in [-0.25, -0.2) is 13.4 Å². The molecule has 0 spiro atoms. The summed E-state index contributed by atoms with van der Waals surface area (Å²) in [6, 6.07) is 13.5.